The largest absolute Gasteiger partial charge is 0.363 e. The second kappa shape index (κ2) is 7.15. The lowest BCUT2D eigenvalue weighted by Crippen LogP contribution is -2.21. The van der Waals surface area contributed by atoms with Gasteiger partial charge in [0.1, 0.15) is 0 Å². The van der Waals surface area contributed by atoms with Crippen LogP contribution in [0.25, 0.3) is 0 Å². The van der Waals surface area contributed by atoms with Crippen LogP contribution < -0.4 is 4.90 Å². The van der Waals surface area contributed by atoms with Crippen LogP contribution in [0, 0.1) is 0 Å². The van der Waals surface area contributed by atoms with E-state index < -0.39 is 0 Å². The molecule has 2 heteroatoms. The molecule has 0 saturated heterocycles. The van der Waals surface area contributed by atoms with Gasteiger partial charge in [-0.25, -0.2) is 0 Å². The standard InChI is InChI=1S/C20H18ClN/c21-19-13-11-18(12-14-19)16-22(20-9-5-2-6-10-20)15-17-7-3-1-4-8-17/h1-14H,15-16H2. The van der Waals surface area contributed by atoms with E-state index in [-0.39, 0.29) is 0 Å². The van der Waals surface area contributed by atoms with Gasteiger partial charge in [-0.05, 0) is 35.4 Å². The van der Waals surface area contributed by atoms with Crippen molar-refractivity contribution in [2.24, 2.45) is 0 Å². The Balaban J connectivity index is 1.84. The van der Waals surface area contributed by atoms with Gasteiger partial charge in [0, 0.05) is 23.8 Å². The molecule has 0 aliphatic rings. The quantitative estimate of drug-likeness (QED) is 0.597. The number of halogens is 1. The maximum absolute atomic E-state index is 5.98. The lowest BCUT2D eigenvalue weighted by Gasteiger charge is -2.25. The number of anilines is 1. The van der Waals surface area contributed by atoms with Gasteiger partial charge in [-0.3, -0.25) is 0 Å². The summed E-state index contributed by atoms with van der Waals surface area (Å²) in [6, 6.07) is 29.1. The van der Waals surface area contributed by atoms with E-state index >= 15 is 0 Å². The van der Waals surface area contributed by atoms with Gasteiger partial charge in [0.2, 0.25) is 0 Å². The molecule has 0 aliphatic heterocycles. The zero-order chi connectivity index (χ0) is 15.2. The van der Waals surface area contributed by atoms with Gasteiger partial charge < -0.3 is 4.90 Å². The van der Waals surface area contributed by atoms with Gasteiger partial charge in [0.25, 0.3) is 0 Å². The van der Waals surface area contributed by atoms with Crippen LogP contribution in [0.2, 0.25) is 5.02 Å². The molecule has 110 valence electrons. The van der Waals surface area contributed by atoms with Crippen molar-refractivity contribution in [1.82, 2.24) is 0 Å². The molecule has 0 saturated carbocycles. The Morgan fingerprint density at radius 1 is 0.591 bits per heavy atom. The first kappa shape index (κ1) is 14.7. The summed E-state index contributed by atoms with van der Waals surface area (Å²) in [5.41, 5.74) is 3.78. The van der Waals surface area contributed by atoms with E-state index in [1.54, 1.807) is 0 Å². The Hall–Kier alpha value is -2.25. The molecule has 1 nitrogen and oxygen atoms in total. The highest BCUT2D eigenvalue weighted by Gasteiger charge is 2.08. The van der Waals surface area contributed by atoms with Gasteiger partial charge in [0.05, 0.1) is 0 Å². The summed E-state index contributed by atoms with van der Waals surface area (Å²) in [4.78, 5) is 2.37. The molecule has 0 bridgehead atoms. The highest BCUT2D eigenvalue weighted by Crippen LogP contribution is 2.20. The summed E-state index contributed by atoms with van der Waals surface area (Å²) < 4.78 is 0. The van der Waals surface area contributed by atoms with E-state index in [1.165, 1.54) is 16.8 Å². The van der Waals surface area contributed by atoms with Crippen LogP contribution in [0.1, 0.15) is 11.1 Å². The monoisotopic (exact) mass is 307 g/mol. The third kappa shape index (κ3) is 3.90. The van der Waals surface area contributed by atoms with E-state index in [2.05, 4.69) is 71.6 Å². The fraction of sp³-hybridized carbons (Fsp3) is 0.100. The molecule has 0 radical (unpaired) electrons. The first-order chi connectivity index (χ1) is 10.8. The topological polar surface area (TPSA) is 3.24 Å². The number of nitrogens with zero attached hydrogens (tertiary/aromatic N) is 1. The van der Waals surface area contributed by atoms with Gasteiger partial charge >= 0.3 is 0 Å². The highest BCUT2D eigenvalue weighted by atomic mass is 35.5. The molecule has 0 spiro atoms. The Labute approximate surface area is 136 Å². The third-order valence-electron chi connectivity index (χ3n) is 3.62. The van der Waals surface area contributed by atoms with Crippen molar-refractivity contribution in [3.8, 4) is 0 Å². The lowest BCUT2D eigenvalue weighted by molar-refractivity contribution is 0.800. The van der Waals surface area contributed by atoms with Crippen molar-refractivity contribution in [2.45, 2.75) is 13.1 Å². The van der Waals surface area contributed by atoms with Crippen molar-refractivity contribution < 1.29 is 0 Å². The Morgan fingerprint density at radius 3 is 1.68 bits per heavy atom. The molecular weight excluding hydrogens is 290 g/mol. The SMILES string of the molecule is Clc1ccc(CN(Cc2ccccc2)c2ccccc2)cc1. The number of benzene rings is 3. The molecule has 0 heterocycles. The maximum atomic E-state index is 5.98. The Morgan fingerprint density at radius 2 is 1.09 bits per heavy atom. The van der Waals surface area contributed by atoms with Crippen LogP contribution in [-0.2, 0) is 13.1 Å². The fourth-order valence-corrected chi connectivity index (χ4v) is 2.62. The number of rotatable bonds is 5. The van der Waals surface area contributed by atoms with Crippen molar-refractivity contribution in [1.29, 1.82) is 0 Å². The van der Waals surface area contributed by atoms with Gasteiger partial charge in [-0.1, -0.05) is 72.3 Å². The molecular formula is C20H18ClN. The van der Waals surface area contributed by atoms with Gasteiger partial charge in [-0.2, -0.15) is 0 Å². The van der Waals surface area contributed by atoms with Crippen LogP contribution in [0.3, 0.4) is 0 Å². The third-order valence-corrected chi connectivity index (χ3v) is 3.88. The molecule has 22 heavy (non-hydrogen) atoms. The van der Waals surface area contributed by atoms with Crippen LogP contribution in [0.15, 0.2) is 84.9 Å². The van der Waals surface area contributed by atoms with Crippen LogP contribution in [0.5, 0.6) is 0 Å². The number of hydrogen-bond donors (Lipinski definition) is 0. The molecule has 3 rings (SSSR count). The zero-order valence-electron chi connectivity index (χ0n) is 12.3. The molecule has 3 aromatic rings. The highest BCUT2D eigenvalue weighted by molar-refractivity contribution is 6.30. The molecule has 0 amide bonds. The first-order valence-corrected chi connectivity index (χ1v) is 7.77. The summed E-state index contributed by atoms with van der Waals surface area (Å²) in [5.74, 6) is 0. The second-order valence-corrected chi connectivity index (χ2v) is 5.74. The summed E-state index contributed by atoms with van der Waals surface area (Å²) >= 11 is 5.98. The van der Waals surface area contributed by atoms with Crippen LogP contribution in [0.4, 0.5) is 5.69 Å². The molecule has 3 aromatic carbocycles. The summed E-state index contributed by atoms with van der Waals surface area (Å²) in [6.45, 7) is 1.74. The maximum Gasteiger partial charge on any atom is 0.0433 e. The van der Waals surface area contributed by atoms with Crippen molar-refractivity contribution in [2.75, 3.05) is 4.90 Å². The van der Waals surface area contributed by atoms with E-state index in [0.717, 1.165) is 18.1 Å². The molecule has 0 unspecified atom stereocenters. The average Bonchev–Trinajstić information content (AvgIpc) is 2.58. The number of para-hydroxylation sites is 1. The molecule has 0 aromatic heterocycles. The van der Waals surface area contributed by atoms with Crippen molar-refractivity contribution >= 4 is 17.3 Å². The van der Waals surface area contributed by atoms with Crippen LogP contribution >= 0.6 is 11.6 Å². The minimum atomic E-state index is 0.776. The van der Waals surface area contributed by atoms with E-state index in [1.807, 2.05) is 18.2 Å². The summed E-state index contributed by atoms with van der Waals surface area (Å²) in [7, 11) is 0. The predicted octanol–water partition coefficient (Wildman–Crippen LogP) is 5.55. The Bertz CT molecular complexity index is 693. The van der Waals surface area contributed by atoms with E-state index in [9.17, 15) is 0 Å². The normalized spacial score (nSPS) is 10.4. The van der Waals surface area contributed by atoms with E-state index in [0.29, 0.717) is 0 Å². The van der Waals surface area contributed by atoms with Gasteiger partial charge in [0.15, 0.2) is 0 Å². The predicted molar refractivity (Wildman–Crippen MR) is 94.2 cm³/mol. The van der Waals surface area contributed by atoms with E-state index in [4.69, 9.17) is 11.6 Å². The second-order valence-electron chi connectivity index (χ2n) is 5.30. The zero-order valence-corrected chi connectivity index (χ0v) is 13.1. The number of hydrogen-bond acceptors (Lipinski definition) is 1. The minimum Gasteiger partial charge on any atom is -0.363 e. The summed E-state index contributed by atoms with van der Waals surface area (Å²) in [5, 5.41) is 0.776. The Kier molecular flexibility index (Phi) is 4.77. The minimum absolute atomic E-state index is 0.776. The average molecular weight is 308 g/mol. The summed E-state index contributed by atoms with van der Waals surface area (Å²) in [6.07, 6.45) is 0. The van der Waals surface area contributed by atoms with Crippen LogP contribution in [-0.4, -0.2) is 0 Å². The van der Waals surface area contributed by atoms with Gasteiger partial charge in [-0.15, -0.1) is 0 Å². The fourth-order valence-electron chi connectivity index (χ4n) is 2.49. The smallest absolute Gasteiger partial charge is 0.0433 e. The first-order valence-electron chi connectivity index (χ1n) is 7.39. The van der Waals surface area contributed by atoms with Crippen molar-refractivity contribution in [3.05, 3.63) is 101 Å². The molecule has 0 N–H and O–H groups in total. The molecule has 0 fully saturated rings. The van der Waals surface area contributed by atoms with Crippen molar-refractivity contribution in [3.63, 3.8) is 0 Å². The molecule has 0 atom stereocenters. The lowest BCUT2D eigenvalue weighted by atomic mass is 10.1. The molecule has 0 aliphatic carbocycles.